The van der Waals surface area contributed by atoms with Crippen LogP contribution in [0.4, 0.5) is 0 Å². The van der Waals surface area contributed by atoms with Gasteiger partial charge in [0.25, 0.3) is 5.56 Å². The van der Waals surface area contributed by atoms with E-state index in [1.54, 1.807) is 0 Å². The van der Waals surface area contributed by atoms with E-state index in [2.05, 4.69) is 9.97 Å². The number of carbonyl (C=O) groups excluding carboxylic acids is 4. The fraction of sp³-hybridized carbons (Fsp3) is 0.571. The van der Waals surface area contributed by atoms with Gasteiger partial charge in [-0.05, 0) is 0 Å². The lowest BCUT2D eigenvalue weighted by Gasteiger charge is -2.44. The Labute approximate surface area is 204 Å². The highest BCUT2D eigenvalue weighted by atomic mass is 16.7. The molecule has 0 spiro atoms. The minimum absolute atomic E-state index is 0.0100. The van der Waals surface area contributed by atoms with Gasteiger partial charge in [-0.25, -0.2) is 4.98 Å². The summed E-state index contributed by atoms with van der Waals surface area (Å²) >= 11 is 0. The highest BCUT2D eigenvalue weighted by Gasteiger charge is 2.53. The maximum absolute atomic E-state index is 12.7. The highest BCUT2D eigenvalue weighted by molar-refractivity contribution is 5.71. The van der Waals surface area contributed by atoms with Crippen molar-refractivity contribution in [2.75, 3.05) is 13.7 Å². The number of hydrogen-bond donors (Lipinski definition) is 0. The predicted molar refractivity (Wildman–Crippen MR) is 117 cm³/mol. The summed E-state index contributed by atoms with van der Waals surface area (Å²) in [6, 6.07) is -0.0418. The molecule has 36 heavy (non-hydrogen) atoms. The van der Waals surface area contributed by atoms with Crippen molar-refractivity contribution in [3.05, 3.63) is 16.7 Å². The van der Waals surface area contributed by atoms with Crippen molar-refractivity contribution in [3.63, 3.8) is 0 Å². The van der Waals surface area contributed by atoms with Crippen LogP contribution in [0.2, 0.25) is 0 Å². The first-order valence-electron chi connectivity index (χ1n) is 10.7. The Morgan fingerprint density at radius 3 is 2.08 bits per heavy atom. The van der Waals surface area contributed by atoms with Crippen molar-refractivity contribution >= 4 is 35.0 Å². The largest absolute Gasteiger partial charge is 0.468 e. The second-order valence-electron chi connectivity index (χ2n) is 7.88. The van der Waals surface area contributed by atoms with Crippen molar-refractivity contribution in [1.82, 2.24) is 19.1 Å². The lowest BCUT2D eigenvalue weighted by Crippen LogP contribution is -2.60. The predicted octanol–water partition coefficient (Wildman–Crippen LogP) is -0.606. The van der Waals surface area contributed by atoms with E-state index in [4.69, 9.17) is 28.4 Å². The summed E-state index contributed by atoms with van der Waals surface area (Å²) in [6.45, 7) is 4.12. The summed E-state index contributed by atoms with van der Waals surface area (Å²) in [6.07, 6.45) is -5.36. The molecule has 0 aromatic carbocycles. The molecule has 0 bridgehead atoms. The Morgan fingerprint density at radius 2 is 1.53 bits per heavy atom. The first-order chi connectivity index (χ1) is 16.9. The number of imidazole rings is 1. The zero-order valence-electron chi connectivity index (χ0n) is 20.5. The normalized spacial score (nSPS) is 23.6. The van der Waals surface area contributed by atoms with Crippen LogP contribution in [-0.4, -0.2) is 81.1 Å². The lowest BCUT2D eigenvalue weighted by atomic mass is 9.97. The van der Waals surface area contributed by atoms with Crippen molar-refractivity contribution in [2.24, 2.45) is 7.05 Å². The smallest absolute Gasteiger partial charge is 0.303 e. The van der Waals surface area contributed by atoms with Gasteiger partial charge >= 0.3 is 29.9 Å². The number of nitrogens with zero attached hydrogens (tertiary/aromatic N) is 4. The van der Waals surface area contributed by atoms with Crippen molar-refractivity contribution in [2.45, 2.75) is 58.3 Å². The van der Waals surface area contributed by atoms with Gasteiger partial charge < -0.3 is 28.4 Å². The van der Waals surface area contributed by atoms with E-state index in [-0.39, 0.29) is 17.2 Å². The van der Waals surface area contributed by atoms with Crippen LogP contribution in [0, 0.1) is 0 Å². The van der Waals surface area contributed by atoms with E-state index >= 15 is 0 Å². The molecule has 1 aliphatic heterocycles. The number of rotatable bonds is 7. The Hall–Kier alpha value is -4.01. The van der Waals surface area contributed by atoms with Crippen molar-refractivity contribution in [1.29, 1.82) is 0 Å². The Balaban J connectivity index is 2.20. The highest BCUT2D eigenvalue weighted by Crippen LogP contribution is 2.36. The molecule has 196 valence electrons. The molecule has 5 atom stereocenters. The number of esters is 4. The van der Waals surface area contributed by atoms with E-state index in [1.165, 1.54) is 32.0 Å². The number of carbonyl (C=O) groups is 4. The summed E-state index contributed by atoms with van der Waals surface area (Å²) in [5, 5.41) is 0. The van der Waals surface area contributed by atoms with Crippen molar-refractivity contribution in [3.8, 4) is 6.01 Å². The van der Waals surface area contributed by atoms with Crippen LogP contribution in [0.15, 0.2) is 11.1 Å². The molecule has 0 saturated carbocycles. The summed E-state index contributed by atoms with van der Waals surface area (Å²) in [5.74, 6) is -2.94. The van der Waals surface area contributed by atoms with E-state index < -0.39 is 66.7 Å². The van der Waals surface area contributed by atoms with Gasteiger partial charge in [0.15, 0.2) is 35.7 Å². The summed E-state index contributed by atoms with van der Waals surface area (Å²) in [7, 11) is 2.77. The molecule has 2 aromatic heterocycles. The number of methoxy groups -OCH3 is 1. The third kappa shape index (κ3) is 5.45. The third-order valence-corrected chi connectivity index (χ3v) is 5.19. The van der Waals surface area contributed by atoms with Gasteiger partial charge in [0.05, 0.1) is 13.4 Å². The molecular weight excluding hydrogens is 484 g/mol. The molecule has 0 amide bonds. The molecule has 1 fully saturated rings. The number of ether oxygens (including phenoxy) is 6. The van der Waals surface area contributed by atoms with Gasteiger partial charge in [0.2, 0.25) is 0 Å². The number of hydrogen-bond acceptors (Lipinski definition) is 13. The van der Waals surface area contributed by atoms with Gasteiger partial charge in [0, 0.05) is 34.7 Å². The van der Waals surface area contributed by atoms with Gasteiger partial charge in [-0.15, -0.1) is 0 Å². The van der Waals surface area contributed by atoms with E-state index in [1.807, 2.05) is 0 Å². The van der Waals surface area contributed by atoms with E-state index in [9.17, 15) is 24.0 Å². The fourth-order valence-electron chi connectivity index (χ4n) is 3.83. The third-order valence-electron chi connectivity index (χ3n) is 5.19. The fourth-order valence-corrected chi connectivity index (χ4v) is 3.83. The zero-order chi connectivity index (χ0) is 26.7. The van der Waals surface area contributed by atoms with Crippen LogP contribution in [0.25, 0.3) is 11.2 Å². The number of aromatic nitrogens is 4. The molecule has 0 radical (unpaired) electrons. The van der Waals surface area contributed by atoms with Gasteiger partial charge in [-0.3, -0.25) is 33.1 Å². The number of fused-ring (bicyclic) bond motifs is 1. The molecular formula is C21H26N4O11. The molecule has 1 saturated heterocycles. The van der Waals surface area contributed by atoms with Crippen molar-refractivity contribution < 1.29 is 47.6 Å². The minimum atomic E-state index is -1.39. The second kappa shape index (κ2) is 10.7. The van der Waals surface area contributed by atoms with Crippen LogP contribution in [0.1, 0.15) is 33.9 Å². The summed E-state index contributed by atoms with van der Waals surface area (Å²) in [5.41, 5.74) is -0.566. The summed E-state index contributed by atoms with van der Waals surface area (Å²) in [4.78, 5) is 68.5. The van der Waals surface area contributed by atoms with Crippen LogP contribution in [0.3, 0.4) is 0 Å². The van der Waals surface area contributed by atoms with Crippen LogP contribution in [-0.2, 0) is 49.9 Å². The Kier molecular flexibility index (Phi) is 7.92. The average molecular weight is 510 g/mol. The minimum Gasteiger partial charge on any atom is -0.468 e. The van der Waals surface area contributed by atoms with E-state index in [0.29, 0.717) is 0 Å². The molecule has 0 unspecified atom stereocenters. The Bertz CT molecular complexity index is 1240. The zero-order valence-corrected chi connectivity index (χ0v) is 20.5. The first kappa shape index (κ1) is 26.6. The lowest BCUT2D eigenvalue weighted by molar-refractivity contribution is -0.267. The second-order valence-corrected chi connectivity index (χ2v) is 7.88. The molecule has 2 aromatic rings. The molecule has 15 nitrogen and oxygen atoms in total. The standard InChI is InChI=1S/C21H26N4O11/c1-9(26)32-7-13-15(33-10(2)27)16(34-11(3)28)17(35-12(4)29)20(36-13)25-8-22-14-18(25)23-21(31-6)24(5)19(14)30/h8,13,15-17,20H,7H2,1-6H3/t13-,15-,16+,17-,20-/m1/s1. The maximum Gasteiger partial charge on any atom is 0.303 e. The molecule has 1 aliphatic rings. The first-order valence-corrected chi connectivity index (χ1v) is 10.7. The molecule has 3 rings (SSSR count). The SMILES string of the molecule is COc1nc2c(ncn2[C@@H]2O[C@H](COC(C)=O)[C@@H](OC(C)=O)[C@H](OC(C)=O)[C@H]2OC(C)=O)c(=O)n1C. The van der Waals surface area contributed by atoms with Gasteiger partial charge in [0.1, 0.15) is 12.7 Å². The van der Waals surface area contributed by atoms with E-state index in [0.717, 1.165) is 25.3 Å². The maximum atomic E-state index is 12.7. The molecule has 3 heterocycles. The monoisotopic (exact) mass is 510 g/mol. The molecule has 0 aliphatic carbocycles. The summed E-state index contributed by atoms with van der Waals surface area (Å²) < 4.78 is 35.0. The van der Waals surface area contributed by atoms with Gasteiger partial charge in [-0.2, -0.15) is 4.98 Å². The average Bonchev–Trinajstić information content (AvgIpc) is 3.20. The molecule has 15 heteroatoms. The molecule has 0 N–H and O–H groups in total. The quantitative estimate of drug-likeness (QED) is 0.341. The van der Waals surface area contributed by atoms with Gasteiger partial charge in [-0.1, -0.05) is 0 Å². The Morgan fingerprint density at radius 1 is 0.944 bits per heavy atom. The van der Waals surface area contributed by atoms with Crippen LogP contribution in [0.5, 0.6) is 6.01 Å². The van der Waals surface area contributed by atoms with Crippen LogP contribution >= 0.6 is 0 Å². The topological polar surface area (TPSA) is 176 Å². The van der Waals surface area contributed by atoms with Crippen LogP contribution < -0.4 is 10.3 Å².